The van der Waals surface area contributed by atoms with Crippen molar-refractivity contribution in [2.24, 2.45) is 0 Å². The summed E-state index contributed by atoms with van der Waals surface area (Å²) in [6.07, 6.45) is 0. The van der Waals surface area contributed by atoms with Gasteiger partial charge in [-0.1, -0.05) is 11.6 Å². The van der Waals surface area contributed by atoms with Crippen LogP contribution in [-0.4, -0.2) is 20.9 Å². The lowest BCUT2D eigenvalue weighted by Gasteiger charge is -2.10. The van der Waals surface area contributed by atoms with Crippen molar-refractivity contribution in [3.8, 4) is 5.75 Å². The minimum atomic E-state index is -3.78. The van der Waals surface area contributed by atoms with E-state index in [9.17, 15) is 13.2 Å². The highest BCUT2D eigenvalue weighted by molar-refractivity contribution is 7.92. The number of carbonyl (C=O) groups excluding carboxylic acids is 1. The maximum absolute atomic E-state index is 12.5. The third-order valence-electron chi connectivity index (χ3n) is 3.95. The van der Waals surface area contributed by atoms with Crippen LogP contribution in [0.1, 0.15) is 17.3 Å². The number of nitrogens with one attached hydrogen (secondary N) is 2. The van der Waals surface area contributed by atoms with Gasteiger partial charge in [-0.3, -0.25) is 9.52 Å². The Balaban J connectivity index is 1.68. The highest BCUT2D eigenvalue weighted by Crippen LogP contribution is 2.20. The predicted molar refractivity (Wildman–Crippen MR) is 114 cm³/mol. The van der Waals surface area contributed by atoms with Gasteiger partial charge in [0, 0.05) is 22.0 Å². The summed E-state index contributed by atoms with van der Waals surface area (Å²) in [7, 11) is -3.78. The maximum Gasteiger partial charge on any atom is 0.261 e. The van der Waals surface area contributed by atoms with Crippen LogP contribution < -0.4 is 14.8 Å². The molecule has 3 rings (SSSR count). The number of hydrogen-bond donors (Lipinski definition) is 2. The van der Waals surface area contributed by atoms with Crippen LogP contribution in [0.2, 0.25) is 5.02 Å². The van der Waals surface area contributed by atoms with Gasteiger partial charge in [-0.25, -0.2) is 8.42 Å². The molecule has 29 heavy (non-hydrogen) atoms. The number of halogens is 1. The van der Waals surface area contributed by atoms with Crippen molar-refractivity contribution in [1.82, 2.24) is 0 Å². The van der Waals surface area contributed by atoms with E-state index in [-0.39, 0.29) is 10.8 Å². The van der Waals surface area contributed by atoms with Gasteiger partial charge in [0.05, 0.1) is 11.5 Å². The minimum Gasteiger partial charge on any atom is -0.494 e. The van der Waals surface area contributed by atoms with Crippen LogP contribution in [-0.2, 0) is 10.0 Å². The molecule has 0 unspecified atom stereocenters. The van der Waals surface area contributed by atoms with Gasteiger partial charge >= 0.3 is 0 Å². The Hall–Kier alpha value is -3.03. The van der Waals surface area contributed by atoms with Crippen molar-refractivity contribution < 1.29 is 17.9 Å². The molecule has 2 N–H and O–H groups in total. The quantitative estimate of drug-likeness (QED) is 0.564. The van der Waals surface area contributed by atoms with Gasteiger partial charge in [0.2, 0.25) is 0 Å². The first-order chi connectivity index (χ1) is 13.9. The molecule has 0 spiro atoms. The Kier molecular flexibility index (Phi) is 6.41. The smallest absolute Gasteiger partial charge is 0.261 e. The third-order valence-corrected chi connectivity index (χ3v) is 5.60. The number of rotatable bonds is 7. The summed E-state index contributed by atoms with van der Waals surface area (Å²) >= 11 is 5.81. The zero-order chi connectivity index (χ0) is 20.9. The van der Waals surface area contributed by atoms with Crippen LogP contribution in [0.15, 0.2) is 77.7 Å². The molecule has 0 aliphatic carbocycles. The molecule has 3 aromatic carbocycles. The maximum atomic E-state index is 12.5. The highest BCUT2D eigenvalue weighted by Gasteiger charge is 2.15. The van der Waals surface area contributed by atoms with Gasteiger partial charge < -0.3 is 10.1 Å². The molecule has 0 atom stereocenters. The Morgan fingerprint density at radius 1 is 0.897 bits per heavy atom. The molecule has 1 amide bonds. The zero-order valence-electron chi connectivity index (χ0n) is 15.6. The van der Waals surface area contributed by atoms with Gasteiger partial charge in [0.15, 0.2) is 0 Å². The van der Waals surface area contributed by atoms with Crippen molar-refractivity contribution in [3.05, 3.63) is 83.4 Å². The van der Waals surface area contributed by atoms with Gasteiger partial charge in [0.25, 0.3) is 15.9 Å². The summed E-state index contributed by atoms with van der Waals surface area (Å²) in [5.41, 5.74) is 1.34. The Labute approximate surface area is 174 Å². The average molecular weight is 431 g/mol. The zero-order valence-corrected chi connectivity index (χ0v) is 17.1. The van der Waals surface area contributed by atoms with E-state index < -0.39 is 10.0 Å². The monoisotopic (exact) mass is 430 g/mol. The lowest BCUT2D eigenvalue weighted by atomic mass is 10.2. The topological polar surface area (TPSA) is 84.5 Å². The summed E-state index contributed by atoms with van der Waals surface area (Å²) in [4.78, 5) is 12.4. The fraction of sp³-hybridized carbons (Fsp3) is 0.0952. The Morgan fingerprint density at radius 2 is 1.48 bits per heavy atom. The first kappa shape index (κ1) is 20.7. The van der Waals surface area contributed by atoms with Crippen molar-refractivity contribution >= 4 is 38.9 Å². The molecule has 0 saturated carbocycles. The molecule has 0 heterocycles. The molecule has 8 heteroatoms. The van der Waals surface area contributed by atoms with Gasteiger partial charge in [-0.2, -0.15) is 0 Å². The summed E-state index contributed by atoms with van der Waals surface area (Å²) < 4.78 is 32.8. The molecule has 3 aromatic rings. The van der Waals surface area contributed by atoms with E-state index in [1.54, 1.807) is 48.5 Å². The third kappa shape index (κ3) is 5.49. The number of amides is 1. The molecule has 0 saturated heterocycles. The normalized spacial score (nSPS) is 11.0. The summed E-state index contributed by atoms with van der Waals surface area (Å²) in [6, 6.07) is 19.0. The fourth-order valence-corrected chi connectivity index (χ4v) is 3.71. The molecule has 0 bridgehead atoms. The number of hydrogen-bond acceptors (Lipinski definition) is 4. The van der Waals surface area contributed by atoms with Gasteiger partial charge in [-0.05, 0) is 79.7 Å². The number of ether oxygens (including phenoxy) is 1. The molecular formula is C21H19ClN2O4S. The van der Waals surface area contributed by atoms with Crippen molar-refractivity contribution in [3.63, 3.8) is 0 Å². The number of anilines is 2. The highest BCUT2D eigenvalue weighted by atomic mass is 35.5. The number of sulfonamides is 1. The summed E-state index contributed by atoms with van der Waals surface area (Å²) in [5.74, 6) is 0.372. The van der Waals surface area contributed by atoms with E-state index in [1.807, 2.05) is 6.92 Å². The van der Waals surface area contributed by atoms with Crippen LogP contribution in [0.4, 0.5) is 11.4 Å². The predicted octanol–water partition coefficient (Wildman–Crippen LogP) is 4.79. The van der Waals surface area contributed by atoms with Crippen LogP contribution >= 0.6 is 11.6 Å². The minimum absolute atomic E-state index is 0.0464. The van der Waals surface area contributed by atoms with Crippen LogP contribution in [0.5, 0.6) is 5.75 Å². The second-order valence-corrected chi connectivity index (χ2v) is 8.17. The second-order valence-electron chi connectivity index (χ2n) is 6.05. The molecular weight excluding hydrogens is 412 g/mol. The van der Waals surface area contributed by atoms with E-state index in [0.717, 1.165) is 0 Å². The van der Waals surface area contributed by atoms with Crippen LogP contribution in [0.25, 0.3) is 0 Å². The molecule has 0 aliphatic heterocycles. The molecule has 0 fully saturated rings. The van der Waals surface area contributed by atoms with E-state index in [4.69, 9.17) is 16.3 Å². The molecule has 0 radical (unpaired) electrons. The van der Waals surface area contributed by atoms with Crippen molar-refractivity contribution in [2.75, 3.05) is 16.6 Å². The molecule has 0 aliphatic rings. The number of benzene rings is 3. The van der Waals surface area contributed by atoms with Crippen molar-refractivity contribution in [1.29, 1.82) is 0 Å². The van der Waals surface area contributed by atoms with E-state index in [2.05, 4.69) is 10.0 Å². The lowest BCUT2D eigenvalue weighted by molar-refractivity contribution is 0.102. The Bertz CT molecular complexity index is 1080. The van der Waals surface area contributed by atoms with Crippen molar-refractivity contribution in [2.45, 2.75) is 11.8 Å². The SMILES string of the molecule is CCOc1ccc(NC(=O)c2ccc(S(=O)(=O)Nc3ccc(Cl)cc3)cc2)cc1. The van der Waals surface area contributed by atoms with Gasteiger partial charge in [-0.15, -0.1) is 0 Å². The average Bonchev–Trinajstić information content (AvgIpc) is 2.71. The van der Waals surface area contributed by atoms with E-state index >= 15 is 0 Å². The Morgan fingerprint density at radius 3 is 2.07 bits per heavy atom. The standard InChI is InChI=1S/C21H19ClN2O4S/c1-2-28-19-11-9-17(10-12-19)23-21(25)15-3-13-20(14-4-15)29(26,27)24-18-7-5-16(22)6-8-18/h3-14,24H,2H2,1H3,(H,23,25). The molecule has 150 valence electrons. The fourth-order valence-electron chi connectivity index (χ4n) is 2.52. The molecule has 6 nitrogen and oxygen atoms in total. The van der Waals surface area contributed by atoms with E-state index in [0.29, 0.717) is 34.3 Å². The van der Waals surface area contributed by atoms with Gasteiger partial charge in [0.1, 0.15) is 5.75 Å². The number of carbonyl (C=O) groups is 1. The summed E-state index contributed by atoms with van der Waals surface area (Å²) in [6.45, 7) is 2.46. The van der Waals surface area contributed by atoms with E-state index in [1.165, 1.54) is 24.3 Å². The van der Waals surface area contributed by atoms with Crippen LogP contribution in [0, 0.1) is 0 Å². The first-order valence-corrected chi connectivity index (χ1v) is 10.7. The second kappa shape index (κ2) is 8.98. The first-order valence-electron chi connectivity index (χ1n) is 8.80. The largest absolute Gasteiger partial charge is 0.494 e. The lowest BCUT2D eigenvalue weighted by Crippen LogP contribution is -2.14. The molecule has 0 aromatic heterocycles. The van der Waals surface area contributed by atoms with Crippen LogP contribution in [0.3, 0.4) is 0 Å². The summed E-state index contributed by atoms with van der Waals surface area (Å²) in [5, 5.41) is 3.27.